The number of aliphatic hydroxyl groups is 1. The summed E-state index contributed by atoms with van der Waals surface area (Å²) >= 11 is 0. The van der Waals surface area contributed by atoms with E-state index in [1.54, 1.807) is 0 Å². The molecule has 1 heterocycles. The first-order valence-electron chi connectivity index (χ1n) is 5.88. The van der Waals surface area contributed by atoms with Gasteiger partial charge in [0.15, 0.2) is 0 Å². The summed E-state index contributed by atoms with van der Waals surface area (Å²) in [5.74, 6) is -0.141. The Balaban J connectivity index is 2.47. The molecule has 17 heavy (non-hydrogen) atoms. The second-order valence-corrected chi connectivity index (χ2v) is 4.40. The number of aliphatic hydroxyl groups excluding tert-OH is 1. The summed E-state index contributed by atoms with van der Waals surface area (Å²) in [5.41, 5.74) is 4.92. The summed E-state index contributed by atoms with van der Waals surface area (Å²) < 4.78 is 10.3. The number of nitrogens with two attached hydrogens (primary N) is 1. The number of rotatable bonds is 6. The summed E-state index contributed by atoms with van der Waals surface area (Å²) in [4.78, 5) is 11.8. The number of carbonyl (C=O) groups excluding carboxylic acids is 1. The van der Waals surface area contributed by atoms with Crippen LogP contribution in [0.25, 0.3) is 0 Å². The number of ether oxygens (including phenoxy) is 2. The van der Waals surface area contributed by atoms with Gasteiger partial charge < -0.3 is 25.6 Å². The smallest absolute Gasteiger partial charge is 0.223 e. The van der Waals surface area contributed by atoms with E-state index in [-0.39, 0.29) is 25.0 Å². The Bertz CT molecular complexity index is 238. The minimum atomic E-state index is -0.539. The Kier molecular flexibility index (Phi) is 5.84. The lowest BCUT2D eigenvalue weighted by molar-refractivity contribution is -0.127. The zero-order valence-electron chi connectivity index (χ0n) is 10.3. The van der Waals surface area contributed by atoms with E-state index in [4.69, 9.17) is 15.2 Å². The van der Waals surface area contributed by atoms with E-state index in [1.165, 1.54) is 7.11 Å². The third kappa shape index (κ3) is 4.23. The van der Waals surface area contributed by atoms with Crippen molar-refractivity contribution >= 4 is 5.91 Å². The Morgan fingerprint density at radius 1 is 1.59 bits per heavy atom. The van der Waals surface area contributed by atoms with Crippen LogP contribution in [0, 0.1) is 0 Å². The van der Waals surface area contributed by atoms with Gasteiger partial charge in [-0.05, 0) is 12.8 Å². The summed E-state index contributed by atoms with van der Waals surface area (Å²) in [6.07, 6.45) is 1.21. The van der Waals surface area contributed by atoms with Gasteiger partial charge in [-0.1, -0.05) is 0 Å². The van der Waals surface area contributed by atoms with Crippen molar-refractivity contribution in [2.45, 2.75) is 30.9 Å². The van der Waals surface area contributed by atoms with Gasteiger partial charge >= 0.3 is 0 Å². The first-order chi connectivity index (χ1) is 8.15. The van der Waals surface area contributed by atoms with Crippen molar-refractivity contribution in [1.29, 1.82) is 0 Å². The topological polar surface area (TPSA) is 93.8 Å². The van der Waals surface area contributed by atoms with E-state index in [0.717, 1.165) is 0 Å². The highest BCUT2D eigenvalue weighted by atomic mass is 16.5. The monoisotopic (exact) mass is 246 g/mol. The molecule has 4 N–H and O–H groups in total. The predicted octanol–water partition coefficient (Wildman–Crippen LogP) is -0.992. The Morgan fingerprint density at radius 3 is 2.71 bits per heavy atom. The fourth-order valence-corrected chi connectivity index (χ4v) is 1.90. The third-order valence-electron chi connectivity index (χ3n) is 3.17. The van der Waals surface area contributed by atoms with Gasteiger partial charge in [0.05, 0.1) is 24.7 Å². The average molecular weight is 246 g/mol. The molecular weight excluding hydrogens is 224 g/mol. The Labute approximate surface area is 101 Å². The van der Waals surface area contributed by atoms with Gasteiger partial charge in [0.1, 0.15) is 0 Å². The lowest BCUT2D eigenvalue weighted by Crippen LogP contribution is -2.55. The number of hydrogen-bond donors (Lipinski definition) is 3. The van der Waals surface area contributed by atoms with Gasteiger partial charge in [-0.15, -0.1) is 0 Å². The van der Waals surface area contributed by atoms with E-state index in [2.05, 4.69) is 5.32 Å². The molecule has 100 valence electrons. The lowest BCUT2D eigenvalue weighted by Gasteiger charge is -2.36. The molecule has 1 rings (SSSR count). The number of hydrogen-bond acceptors (Lipinski definition) is 5. The molecule has 0 radical (unpaired) electrons. The maximum Gasteiger partial charge on any atom is 0.223 e. The van der Waals surface area contributed by atoms with Crippen molar-refractivity contribution in [3.8, 4) is 0 Å². The molecule has 0 aliphatic carbocycles. The molecule has 0 aromatic carbocycles. The van der Waals surface area contributed by atoms with Crippen LogP contribution in [0.1, 0.15) is 19.3 Å². The van der Waals surface area contributed by atoms with E-state index < -0.39 is 5.54 Å². The molecular formula is C11H22N2O4. The fourth-order valence-electron chi connectivity index (χ4n) is 1.90. The Hall–Kier alpha value is -0.690. The average Bonchev–Trinajstić information content (AvgIpc) is 2.37. The highest BCUT2D eigenvalue weighted by molar-refractivity contribution is 5.77. The SMILES string of the molecule is COC(CN)CC(=O)NC1(CO)CCOCC1. The Morgan fingerprint density at radius 2 is 2.24 bits per heavy atom. The van der Waals surface area contributed by atoms with Gasteiger partial charge in [0, 0.05) is 26.9 Å². The quantitative estimate of drug-likeness (QED) is 0.559. The van der Waals surface area contributed by atoms with Crippen molar-refractivity contribution in [2.24, 2.45) is 5.73 Å². The molecule has 1 unspecified atom stereocenters. The normalized spacial score (nSPS) is 20.9. The molecule has 0 aromatic heterocycles. The van der Waals surface area contributed by atoms with Crippen LogP contribution in [0.2, 0.25) is 0 Å². The zero-order chi connectivity index (χ0) is 12.7. The van der Waals surface area contributed by atoms with Crippen LogP contribution in [0.15, 0.2) is 0 Å². The fraction of sp³-hybridized carbons (Fsp3) is 0.909. The van der Waals surface area contributed by atoms with Crippen LogP contribution >= 0.6 is 0 Å². The minimum absolute atomic E-state index is 0.0671. The first kappa shape index (κ1) is 14.4. The molecule has 6 nitrogen and oxygen atoms in total. The van der Waals surface area contributed by atoms with Crippen LogP contribution in [0.5, 0.6) is 0 Å². The summed E-state index contributed by atoms with van der Waals surface area (Å²) in [6, 6.07) is 0. The van der Waals surface area contributed by atoms with E-state index >= 15 is 0 Å². The summed E-state index contributed by atoms with van der Waals surface area (Å²) in [5, 5.41) is 12.3. The van der Waals surface area contributed by atoms with Gasteiger partial charge in [0.2, 0.25) is 5.91 Å². The van der Waals surface area contributed by atoms with E-state index in [1.807, 2.05) is 0 Å². The van der Waals surface area contributed by atoms with Crippen LogP contribution in [0.4, 0.5) is 0 Å². The lowest BCUT2D eigenvalue weighted by atomic mass is 9.90. The molecule has 0 saturated carbocycles. The van der Waals surface area contributed by atoms with Crippen molar-refractivity contribution in [1.82, 2.24) is 5.32 Å². The molecule has 1 amide bonds. The molecule has 1 fully saturated rings. The first-order valence-corrected chi connectivity index (χ1v) is 5.88. The van der Waals surface area contributed by atoms with Gasteiger partial charge in [0.25, 0.3) is 0 Å². The van der Waals surface area contributed by atoms with Crippen molar-refractivity contribution in [3.63, 3.8) is 0 Å². The van der Waals surface area contributed by atoms with Crippen LogP contribution in [-0.4, -0.2) is 56.1 Å². The van der Waals surface area contributed by atoms with Gasteiger partial charge in [-0.2, -0.15) is 0 Å². The van der Waals surface area contributed by atoms with Crippen molar-refractivity contribution < 1.29 is 19.4 Å². The molecule has 0 aromatic rings. The second kappa shape index (κ2) is 6.90. The predicted molar refractivity (Wildman–Crippen MR) is 62.5 cm³/mol. The molecule has 1 aliphatic rings. The standard InChI is InChI=1S/C11H22N2O4/c1-16-9(7-12)6-10(15)13-11(8-14)2-4-17-5-3-11/h9,14H,2-8,12H2,1H3,(H,13,15). The highest BCUT2D eigenvalue weighted by Crippen LogP contribution is 2.20. The van der Waals surface area contributed by atoms with Gasteiger partial charge in [-0.25, -0.2) is 0 Å². The molecule has 6 heteroatoms. The maximum atomic E-state index is 11.8. The minimum Gasteiger partial charge on any atom is -0.394 e. The number of amides is 1. The zero-order valence-corrected chi connectivity index (χ0v) is 10.3. The molecule has 1 saturated heterocycles. The number of methoxy groups -OCH3 is 1. The molecule has 1 aliphatic heterocycles. The largest absolute Gasteiger partial charge is 0.394 e. The van der Waals surface area contributed by atoms with Crippen molar-refractivity contribution in [2.75, 3.05) is 33.5 Å². The van der Waals surface area contributed by atoms with Gasteiger partial charge in [-0.3, -0.25) is 4.79 Å². The molecule has 0 bridgehead atoms. The highest BCUT2D eigenvalue weighted by Gasteiger charge is 2.33. The van der Waals surface area contributed by atoms with Crippen molar-refractivity contribution in [3.05, 3.63) is 0 Å². The van der Waals surface area contributed by atoms with Crippen LogP contribution in [0.3, 0.4) is 0 Å². The number of nitrogens with one attached hydrogen (secondary N) is 1. The molecule has 0 spiro atoms. The van der Waals surface area contributed by atoms with E-state index in [9.17, 15) is 9.90 Å². The van der Waals surface area contributed by atoms with Crippen LogP contribution < -0.4 is 11.1 Å². The second-order valence-electron chi connectivity index (χ2n) is 4.40. The molecule has 1 atom stereocenters. The summed E-state index contributed by atoms with van der Waals surface area (Å²) in [7, 11) is 1.53. The summed E-state index contributed by atoms with van der Waals surface area (Å²) in [6.45, 7) is 1.36. The number of carbonyl (C=O) groups is 1. The van der Waals surface area contributed by atoms with E-state index in [0.29, 0.717) is 32.6 Å². The third-order valence-corrected chi connectivity index (χ3v) is 3.17. The van der Waals surface area contributed by atoms with Crippen LogP contribution in [-0.2, 0) is 14.3 Å². The maximum absolute atomic E-state index is 11.8.